The minimum atomic E-state index is 0.716. The Morgan fingerprint density at radius 3 is 3.33 bits per heavy atom. The van der Waals surface area contributed by atoms with Crippen LogP contribution in [0.2, 0.25) is 0 Å². The minimum absolute atomic E-state index is 0.716. The molecule has 2 rings (SSSR count). The van der Waals surface area contributed by atoms with Gasteiger partial charge in [0.25, 0.3) is 0 Å². The van der Waals surface area contributed by atoms with Crippen molar-refractivity contribution in [3.05, 3.63) is 29.9 Å². The molecule has 0 radical (unpaired) electrons. The first-order valence-electron chi connectivity index (χ1n) is 5.74. The van der Waals surface area contributed by atoms with Crippen molar-refractivity contribution in [2.24, 2.45) is 0 Å². The molecule has 0 saturated heterocycles. The molecule has 0 aromatic carbocycles. The number of thiazole rings is 1. The monoisotopic (exact) mass is 283 g/mol. The van der Waals surface area contributed by atoms with Crippen LogP contribution in [0.1, 0.15) is 5.69 Å². The summed E-state index contributed by atoms with van der Waals surface area (Å²) < 4.78 is 7.38. The highest BCUT2D eigenvalue weighted by Crippen LogP contribution is 2.22. The first-order valence-corrected chi connectivity index (χ1v) is 7.78. The van der Waals surface area contributed by atoms with E-state index in [9.17, 15) is 0 Å². The molecular weight excluding hydrogens is 266 g/mol. The van der Waals surface area contributed by atoms with Crippen molar-refractivity contribution in [3.63, 3.8) is 0 Å². The second kappa shape index (κ2) is 6.82. The van der Waals surface area contributed by atoms with Crippen molar-refractivity contribution in [2.75, 3.05) is 25.2 Å². The fraction of sp³-hybridized carbons (Fsp3) is 0.417. The molecule has 0 spiro atoms. The van der Waals surface area contributed by atoms with E-state index in [4.69, 9.17) is 4.74 Å². The Kier molecular flexibility index (Phi) is 5.10. The summed E-state index contributed by atoms with van der Waals surface area (Å²) in [7, 11) is 1.66. The first kappa shape index (κ1) is 13.5. The number of aromatic nitrogens is 2. The van der Waals surface area contributed by atoms with E-state index in [0.717, 1.165) is 35.3 Å². The van der Waals surface area contributed by atoms with Crippen LogP contribution < -0.4 is 10.1 Å². The van der Waals surface area contributed by atoms with E-state index in [1.54, 1.807) is 18.4 Å². The lowest BCUT2D eigenvalue weighted by molar-refractivity contribution is 0.393. The Labute approximate surface area is 115 Å². The Balaban J connectivity index is 1.89. The van der Waals surface area contributed by atoms with Gasteiger partial charge in [-0.25, -0.2) is 0 Å². The molecule has 4 nitrogen and oxygen atoms in total. The topological polar surface area (TPSA) is 38.6 Å². The maximum atomic E-state index is 5.30. The summed E-state index contributed by atoms with van der Waals surface area (Å²) in [5.41, 5.74) is 1.09. The number of rotatable bonds is 8. The summed E-state index contributed by atoms with van der Waals surface area (Å²) in [4.78, 5) is 5.40. The van der Waals surface area contributed by atoms with E-state index >= 15 is 0 Å². The van der Waals surface area contributed by atoms with Crippen molar-refractivity contribution in [2.45, 2.75) is 6.54 Å². The minimum Gasteiger partial charge on any atom is -0.480 e. The highest BCUT2D eigenvalue weighted by molar-refractivity contribution is 7.99. The smallest absolute Gasteiger partial charge is 0.237 e. The standard InChI is InChI=1S/C12H17N3OS2/c1-3-6-17-7-4-13-9-10-11(16-2)14-12-15(10)5-8-18-12/h3,5,8,13H,1,4,6-7,9H2,2H3. The maximum Gasteiger partial charge on any atom is 0.237 e. The molecule has 0 aliphatic rings. The van der Waals surface area contributed by atoms with Crippen molar-refractivity contribution >= 4 is 28.1 Å². The van der Waals surface area contributed by atoms with Gasteiger partial charge in [0, 0.05) is 36.2 Å². The number of ether oxygens (including phenoxy) is 1. The zero-order valence-electron chi connectivity index (χ0n) is 10.4. The maximum absolute atomic E-state index is 5.30. The van der Waals surface area contributed by atoms with Crippen LogP contribution >= 0.6 is 23.1 Å². The van der Waals surface area contributed by atoms with Crippen LogP contribution in [-0.4, -0.2) is 34.5 Å². The second-order valence-electron chi connectivity index (χ2n) is 3.66. The molecule has 0 bridgehead atoms. The van der Waals surface area contributed by atoms with Crippen LogP contribution in [0.3, 0.4) is 0 Å². The number of hydrogen-bond acceptors (Lipinski definition) is 5. The van der Waals surface area contributed by atoms with Crippen LogP contribution in [0.15, 0.2) is 24.2 Å². The van der Waals surface area contributed by atoms with E-state index in [-0.39, 0.29) is 0 Å². The number of nitrogens with zero attached hydrogens (tertiary/aromatic N) is 2. The van der Waals surface area contributed by atoms with Gasteiger partial charge >= 0.3 is 0 Å². The summed E-state index contributed by atoms with van der Waals surface area (Å²) in [6, 6.07) is 0. The Hall–Kier alpha value is -0.980. The molecule has 18 heavy (non-hydrogen) atoms. The molecule has 2 aromatic rings. The largest absolute Gasteiger partial charge is 0.480 e. The first-order chi connectivity index (χ1) is 8.86. The van der Waals surface area contributed by atoms with Crippen molar-refractivity contribution in [1.29, 1.82) is 0 Å². The van der Waals surface area contributed by atoms with Crippen LogP contribution in [0.4, 0.5) is 0 Å². The van der Waals surface area contributed by atoms with Crippen molar-refractivity contribution in [1.82, 2.24) is 14.7 Å². The number of imidazole rings is 1. The third-order valence-electron chi connectivity index (χ3n) is 2.47. The van der Waals surface area contributed by atoms with E-state index in [1.807, 2.05) is 29.4 Å². The quantitative estimate of drug-likeness (QED) is 0.596. The molecule has 0 saturated carbocycles. The molecule has 0 amide bonds. The van der Waals surface area contributed by atoms with Crippen LogP contribution in [0, 0.1) is 0 Å². The molecule has 6 heteroatoms. The summed E-state index contributed by atoms with van der Waals surface area (Å²) in [6.45, 7) is 5.45. The molecule has 0 fully saturated rings. The zero-order valence-corrected chi connectivity index (χ0v) is 12.0. The molecule has 0 atom stereocenters. The number of thioether (sulfide) groups is 1. The molecule has 0 aliphatic carbocycles. The van der Waals surface area contributed by atoms with Gasteiger partial charge in [0.1, 0.15) is 5.69 Å². The SMILES string of the molecule is C=CCSCCNCc1c(OC)nc2sccn12. The van der Waals surface area contributed by atoms with Gasteiger partial charge in [-0.1, -0.05) is 6.08 Å². The van der Waals surface area contributed by atoms with Crippen LogP contribution in [-0.2, 0) is 6.54 Å². The van der Waals surface area contributed by atoms with E-state index < -0.39 is 0 Å². The number of hydrogen-bond donors (Lipinski definition) is 1. The lowest BCUT2D eigenvalue weighted by atomic mass is 10.4. The average Bonchev–Trinajstić information content (AvgIpc) is 2.94. The number of nitrogens with one attached hydrogen (secondary N) is 1. The van der Waals surface area contributed by atoms with Gasteiger partial charge in [-0.2, -0.15) is 16.7 Å². The van der Waals surface area contributed by atoms with Crippen molar-refractivity contribution in [3.8, 4) is 5.88 Å². The van der Waals surface area contributed by atoms with Crippen LogP contribution in [0.5, 0.6) is 5.88 Å². The molecule has 0 aliphatic heterocycles. The predicted molar refractivity (Wildman–Crippen MR) is 78.8 cm³/mol. The molecule has 2 aromatic heterocycles. The summed E-state index contributed by atoms with van der Waals surface area (Å²) in [5.74, 6) is 2.81. The fourth-order valence-corrected chi connectivity index (χ4v) is 3.00. The summed E-state index contributed by atoms with van der Waals surface area (Å²) in [6.07, 6.45) is 3.96. The Morgan fingerprint density at radius 1 is 1.67 bits per heavy atom. The third kappa shape index (κ3) is 3.07. The summed E-state index contributed by atoms with van der Waals surface area (Å²) >= 11 is 3.49. The van der Waals surface area contributed by atoms with E-state index in [0.29, 0.717) is 5.88 Å². The zero-order chi connectivity index (χ0) is 12.8. The molecule has 98 valence electrons. The van der Waals surface area contributed by atoms with Crippen molar-refractivity contribution < 1.29 is 4.74 Å². The van der Waals surface area contributed by atoms with Gasteiger partial charge in [0.05, 0.1) is 7.11 Å². The number of fused-ring (bicyclic) bond motifs is 1. The second-order valence-corrected chi connectivity index (χ2v) is 5.69. The van der Waals surface area contributed by atoms with Gasteiger partial charge in [-0.3, -0.25) is 4.40 Å². The highest BCUT2D eigenvalue weighted by atomic mass is 32.2. The van der Waals surface area contributed by atoms with Gasteiger partial charge in [-0.05, 0) is 0 Å². The van der Waals surface area contributed by atoms with E-state index in [1.165, 1.54) is 0 Å². The Bertz CT molecular complexity index is 506. The molecule has 1 N–H and O–H groups in total. The highest BCUT2D eigenvalue weighted by Gasteiger charge is 2.12. The van der Waals surface area contributed by atoms with Gasteiger partial charge in [0.15, 0.2) is 4.96 Å². The number of methoxy groups -OCH3 is 1. The van der Waals surface area contributed by atoms with Gasteiger partial charge in [0.2, 0.25) is 5.88 Å². The molecular formula is C12H17N3OS2. The van der Waals surface area contributed by atoms with Gasteiger partial charge in [-0.15, -0.1) is 17.9 Å². The Morgan fingerprint density at radius 2 is 2.56 bits per heavy atom. The van der Waals surface area contributed by atoms with Crippen LogP contribution in [0.25, 0.3) is 4.96 Å². The lowest BCUT2D eigenvalue weighted by Gasteiger charge is -2.05. The average molecular weight is 283 g/mol. The summed E-state index contributed by atoms with van der Waals surface area (Å²) in [5, 5.41) is 5.44. The fourth-order valence-electron chi connectivity index (χ4n) is 1.65. The van der Waals surface area contributed by atoms with E-state index in [2.05, 4.69) is 21.3 Å². The van der Waals surface area contributed by atoms with Gasteiger partial charge < -0.3 is 10.1 Å². The lowest BCUT2D eigenvalue weighted by Crippen LogP contribution is -2.18. The molecule has 0 unspecified atom stereocenters. The predicted octanol–water partition coefficient (Wildman–Crippen LogP) is 2.41. The third-order valence-corrected chi connectivity index (χ3v) is 4.19. The molecule has 2 heterocycles. The normalized spacial score (nSPS) is 10.9.